The highest BCUT2D eigenvalue weighted by Crippen LogP contribution is 2.48. The maximum Gasteiger partial charge on any atom is 0.192 e. The fourth-order valence-corrected chi connectivity index (χ4v) is 4.59. The summed E-state index contributed by atoms with van der Waals surface area (Å²) in [5.41, 5.74) is 6.01. The first-order chi connectivity index (χ1) is 12.6. The number of fused-ring (bicyclic) bond motifs is 2. The SMILES string of the molecule is O=C1CCCC2=C1[C@@H](c1ccc(Br)cc1)C1=C(N2)c2ccccc2C1=O. The Kier molecular flexibility index (Phi) is 3.50. The first-order valence-electron chi connectivity index (χ1n) is 8.82. The second kappa shape index (κ2) is 5.78. The van der Waals surface area contributed by atoms with Crippen LogP contribution in [0.4, 0.5) is 0 Å². The number of carbonyl (C=O) groups is 2. The molecule has 128 valence electrons. The Hall–Kier alpha value is -2.46. The largest absolute Gasteiger partial charge is 0.358 e. The molecule has 0 fully saturated rings. The summed E-state index contributed by atoms with van der Waals surface area (Å²) in [6.07, 6.45) is 2.26. The molecule has 1 aliphatic heterocycles. The Morgan fingerprint density at radius 1 is 0.885 bits per heavy atom. The number of hydrogen-bond acceptors (Lipinski definition) is 3. The number of rotatable bonds is 1. The van der Waals surface area contributed by atoms with E-state index >= 15 is 0 Å². The van der Waals surface area contributed by atoms with E-state index in [1.165, 1.54) is 0 Å². The van der Waals surface area contributed by atoms with Gasteiger partial charge in [-0.1, -0.05) is 52.3 Å². The summed E-state index contributed by atoms with van der Waals surface area (Å²) in [5.74, 6) is -0.107. The average Bonchev–Trinajstić information content (AvgIpc) is 2.94. The van der Waals surface area contributed by atoms with E-state index in [0.29, 0.717) is 12.0 Å². The second-order valence-electron chi connectivity index (χ2n) is 6.94. The molecule has 1 N–H and O–H groups in total. The lowest BCUT2D eigenvalue weighted by Gasteiger charge is -2.33. The zero-order valence-corrected chi connectivity index (χ0v) is 15.6. The van der Waals surface area contributed by atoms with Gasteiger partial charge in [-0.15, -0.1) is 0 Å². The van der Waals surface area contributed by atoms with Crippen molar-refractivity contribution in [2.24, 2.45) is 0 Å². The van der Waals surface area contributed by atoms with Gasteiger partial charge in [0.2, 0.25) is 0 Å². The lowest BCUT2D eigenvalue weighted by atomic mass is 9.75. The van der Waals surface area contributed by atoms with Crippen molar-refractivity contribution >= 4 is 33.2 Å². The highest BCUT2D eigenvalue weighted by molar-refractivity contribution is 9.10. The number of dihydropyridines is 1. The van der Waals surface area contributed by atoms with Crippen molar-refractivity contribution < 1.29 is 9.59 Å². The van der Waals surface area contributed by atoms with Crippen LogP contribution in [0.25, 0.3) is 5.70 Å². The molecular formula is C22H16BrNO2. The monoisotopic (exact) mass is 405 g/mol. The Balaban J connectivity index is 1.75. The molecule has 0 saturated heterocycles. The topological polar surface area (TPSA) is 46.2 Å². The first-order valence-corrected chi connectivity index (χ1v) is 9.61. The molecule has 0 aromatic heterocycles. The predicted molar refractivity (Wildman–Crippen MR) is 104 cm³/mol. The summed E-state index contributed by atoms with van der Waals surface area (Å²) in [4.78, 5) is 26.0. The molecule has 5 rings (SSSR count). The number of Topliss-reactive ketones (excluding diaryl/α,β-unsaturated/α-hetero) is 2. The smallest absolute Gasteiger partial charge is 0.192 e. The van der Waals surface area contributed by atoms with Crippen LogP contribution >= 0.6 is 15.9 Å². The van der Waals surface area contributed by atoms with Crippen molar-refractivity contribution in [3.8, 4) is 0 Å². The molecule has 2 aromatic carbocycles. The lowest BCUT2D eigenvalue weighted by molar-refractivity contribution is -0.116. The molecule has 26 heavy (non-hydrogen) atoms. The van der Waals surface area contributed by atoms with E-state index in [9.17, 15) is 9.59 Å². The molecular weight excluding hydrogens is 390 g/mol. The molecule has 0 amide bonds. The van der Waals surface area contributed by atoms with Gasteiger partial charge >= 0.3 is 0 Å². The molecule has 0 saturated carbocycles. The van der Waals surface area contributed by atoms with E-state index in [4.69, 9.17) is 0 Å². The van der Waals surface area contributed by atoms with Gasteiger partial charge in [0.1, 0.15) is 0 Å². The summed E-state index contributed by atoms with van der Waals surface area (Å²) in [6.45, 7) is 0. The Morgan fingerprint density at radius 3 is 2.38 bits per heavy atom. The van der Waals surface area contributed by atoms with Crippen molar-refractivity contribution in [3.05, 3.63) is 86.5 Å². The Morgan fingerprint density at radius 2 is 1.62 bits per heavy atom. The standard InChI is InChI=1S/C22H16BrNO2/c23-13-10-8-12(9-11-13)18-19-16(6-3-7-17(19)25)24-21-14-4-1-2-5-15(14)22(26)20(18)21/h1-2,4-5,8-11,18,24H,3,6-7H2/t18-/m1/s1. The molecule has 3 aliphatic rings. The van der Waals surface area contributed by atoms with E-state index in [2.05, 4.69) is 21.2 Å². The van der Waals surface area contributed by atoms with E-state index in [1.807, 2.05) is 48.5 Å². The van der Waals surface area contributed by atoms with Crippen molar-refractivity contribution in [2.45, 2.75) is 25.2 Å². The lowest BCUT2D eigenvalue weighted by Crippen LogP contribution is -2.31. The van der Waals surface area contributed by atoms with Gasteiger partial charge in [0.25, 0.3) is 0 Å². The maximum atomic E-state index is 13.2. The van der Waals surface area contributed by atoms with Crippen molar-refractivity contribution in [1.82, 2.24) is 5.32 Å². The predicted octanol–water partition coefficient (Wildman–Crippen LogP) is 4.75. The summed E-state index contributed by atoms with van der Waals surface area (Å²) in [6, 6.07) is 15.7. The van der Waals surface area contributed by atoms with Crippen LogP contribution in [0.3, 0.4) is 0 Å². The third-order valence-corrected chi connectivity index (χ3v) is 6.00. The number of nitrogens with one attached hydrogen (secondary N) is 1. The summed E-state index contributed by atoms with van der Waals surface area (Å²) in [5, 5.41) is 3.45. The summed E-state index contributed by atoms with van der Waals surface area (Å²) < 4.78 is 0.981. The molecule has 1 heterocycles. The maximum absolute atomic E-state index is 13.2. The first kappa shape index (κ1) is 15.8. The Labute approximate surface area is 159 Å². The highest BCUT2D eigenvalue weighted by Gasteiger charge is 2.43. The minimum Gasteiger partial charge on any atom is -0.358 e. The molecule has 3 nitrogen and oxygen atoms in total. The van der Waals surface area contributed by atoms with Gasteiger partial charge in [0, 0.05) is 44.8 Å². The molecule has 0 unspecified atom stereocenters. The van der Waals surface area contributed by atoms with E-state index < -0.39 is 0 Å². The minimum absolute atomic E-state index is 0.0287. The van der Waals surface area contributed by atoms with Crippen LogP contribution in [0.5, 0.6) is 0 Å². The third-order valence-electron chi connectivity index (χ3n) is 5.47. The van der Waals surface area contributed by atoms with Crippen LogP contribution in [-0.4, -0.2) is 11.6 Å². The second-order valence-corrected chi connectivity index (χ2v) is 7.86. The molecule has 0 spiro atoms. The summed E-state index contributed by atoms with van der Waals surface area (Å²) >= 11 is 3.47. The van der Waals surface area contributed by atoms with Gasteiger partial charge in [-0.05, 0) is 30.5 Å². The fourth-order valence-electron chi connectivity index (χ4n) is 4.33. The van der Waals surface area contributed by atoms with Crippen LogP contribution in [0, 0.1) is 0 Å². The number of carbonyl (C=O) groups excluding carboxylic acids is 2. The average molecular weight is 406 g/mol. The zero-order chi connectivity index (χ0) is 17.8. The van der Waals surface area contributed by atoms with Crippen LogP contribution < -0.4 is 5.32 Å². The van der Waals surface area contributed by atoms with Gasteiger partial charge in [-0.25, -0.2) is 0 Å². The Bertz CT molecular complexity index is 1030. The van der Waals surface area contributed by atoms with Gasteiger partial charge in [-0.2, -0.15) is 0 Å². The third kappa shape index (κ3) is 2.18. The molecule has 2 aromatic rings. The quantitative estimate of drug-likeness (QED) is 0.744. The molecule has 4 heteroatoms. The van der Waals surface area contributed by atoms with Gasteiger partial charge in [0.05, 0.1) is 5.70 Å². The number of hydrogen-bond donors (Lipinski definition) is 1. The normalized spacial score (nSPS) is 21.3. The number of ketones is 2. The highest BCUT2D eigenvalue weighted by atomic mass is 79.9. The summed E-state index contributed by atoms with van der Waals surface area (Å²) in [7, 11) is 0. The number of allylic oxidation sites excluding steroid dienone is 3. The van der Waals surface area contributed by atoms with Crippen LogP contribution in [0.1, 0.15) is 46.7 Å². The molecule has 2 aliphatic carbocycles. The van der Waals surface area contributed by atoms with Crippen LogP contribution in [0.15, 0.2) is 69.8 Å². The van der Waals surface area contributed by atoms with E-state index in [0.717, 1.165) is 51.0 Å². The number of benzene rings is 2. The van der Waals surface area contributed by atoms with Gasteiger partial charge in [0.15, 0.2) is 11.6 Å². The molecule has 0 radical (unpaired) electrons. The molecule has 1 atom stereocenters. The van der Waals surface area contributed by atoms with Gasteiger partial charge < -0.3 is 5.32 Å². The van der Waals surface area contributed by atoms with Crippen LogP contribution in [0.2, 0.25) is 0 Å². The zero-order valence-electron chi connectivity index (χ0n) is 14.0. The van der Waals surface area contributed by atoms with E-state index in [1.54, 1.807) is 0 Å². The van der Waals surface area contributed by atoms with Crippen molar-refractivity contribution in [3.63, 3.8) is 0 Å². The number of halogens is 1. The fraction of sp³-hybridized carbons (Fsp3) is 0.182. The van der Waals surface area contributed by atoms with E-state index in [-0.39, 0.29) is 17.5 Å². The minimum atomic E-state index is -0.290. The van der Waals surface area contributed by atoms with Crippen LogP contribution in [-0.2, 0) is 4.79 Å². The van der Waals surface area contributed by atoms with Crippen molar-refractivity contribution in [1.29, 1.82) is 0 Å². The van der Waals surface area contributed by atoms with Crippen molar-refractivity contribution in [2.75, 3.05) is 0 Å². The van der Waals surface area contributed by atoms with Gasteiger partial charge in [-0.3, -0.25) is 9.59 Å². The molecule has 0 bridgehead atoms.